The van der Waals surface area contributed by atoms with Crippen LogP contribution in [0.1, 0.15) is 61.0 Å². The van der Waals surface area contributed by atoms with Crippen LogP contribution in [0.3, 0.4) is 0 Å². The maximum atomic E-state index is 15.7. The number of ether oxygens (including phenoxy) is 3. The van der Waals surface area contributed by atoms with Gasteiger partial charge in [0.25, 0.3) is 5.91 Å². The van der Waals surface area contributed by atoms with Crippen LogP contribution in [0.15, 0.2) is 48.3 Å². The molecule has 0 unspecified atom stereocenters. The molecule has 1 spiro atoms. The molecule has 11 heteroatoms. The van der Waals surface area contributed by atoms with Gasteiger partial charge in [0, 0.05) is 48.7 Å². The van der Waals surface area contributed by atoms with Crippen LogP contribution in [0.2, 0.25) is 5.02 Å². The summed E-state index contributed by atoms with van der Waals surface area (Å²) in [5.74, 6) is -1.11. The van der Waals surface area contributed by atoms with E-state index in [-0.39, 0.29) is 23.3 Å². The summed E-state index contributed by atoms with van der Waals surface area (Å²) < 4.78 is 62.8. The van der Waals surface area contributed by atoms with E-state index in [1.165, 1.54) is 31.2 Å². The van der Waals surface area contributed by atoms with Gasteiger partial charge in [-0.3, -0.25) is 4.79 Å². The summed E-state index contributed by atoms with van der Waals surface area (Å²) in [4.78, 5) is 15.6. The fraction of sp³-hybridized carbons (Fsp3) is 0.545. The quantitative estimate of drug-likeness (QED) is 0.433. The molecule has 0 radical (unpaired) electrons. The molecule has 1 aliphatic carbocycles. The fourth-order valence-electron chi connectivity index (χ4n) is 7.32. The maximum absolute atomic E-state index is 15.7. The van der Waals surface area contributed by atoms with Crippen LogP contribution in [0.4, 0.5) is 10.1 Å². The Morgan fingerprint density at radius 3 is 2.80 bits per heavy atom. The van der Waals surface area contributed by atoms with E-state index < -0.39 is 45.1 Å². The average Bonchev–Trinajstić information content (AvgIpc) is 3.39. The summed E-state index contributed by atoms with van der Waals surface area (Å²) in [5, 5.41) is -0.245. The highest BCUT2D eigenvalue weighted by molar-refractivity contribution is 7.90. The number of aryl methyl sites for hydroxylation is 1. The highest BCUT2D eigenvalue weighted by Crippen LogP contribution is 2.45. The van der Waals surface area contributed by atoms with Crippen LogP contribution in [-0.4, -0.2) is 65.2 Å². The number of rotatable bonds is 1. The number of halogens is 2. The number of hydrogen-bond donors (Lipinski definition) is 1. The first-order valence-corrected chi connectivity index (χ1v) is 17.3. The summed E-state index contributed by atoms with van der Waals surface area (Å²) in [7, 11) is -2.58. The molecule has 3 aliphatic heterocycles. The standard InChI is InChI=1S/C33H40ClFN2O6S/c1-20-6-10-27(35)31(41-3)30-24(12-14-42-30)17-37-18-33(13-4-5-22-15-25(34)8-9-26(22)33)19-43-29-11-7-23(16-28(29)37)32(38)36-44(39,40)21(20)2/h7-11,15-16,20-21,24,30-31H,4-6,12-14,17-19H2,1-3H3,(H,36,38)/b27-10-/t20-,21+,24-,30+,31-,33-/m0/s1. The monoisotopic (exact) mass is 646 g/mol. The van der Waals surface area contributed by atoms with E-state index >= 15 is 4.39 Å². The first-order valence-electron chi connectivity index (χ1n) is 15.4. The van der Waals surface area contributed by atoms with Crippen molar-refractivity contribution in [3.8, 4) is 5.75 Å². The number of carbonyl (C=O) groups is 1. The molecule has 6 rings (SSSR count). The normalized spacial score (nSPS) is 33.3. The Bertz CT molecular complexity index is 1570. The third-order valence-electron chi connectivity index (χ3n) is 10.1. The summed E-state index contributed by atoms with van der Waals surface area (Å²) in [6, 6.07) is 11.1. The van der Waals surface area contributed by atoms with Crippen molar-refractivity contribution in [1.29, 1.82) is 0 Å². The number of carbonyl (C=O) groups excluding carboxylic acids is 1. The van der Waals surface area contributed by atoms with Gasteiger partial charge in [-0.2, -0.15) is 0 Å². The molecule has 44 heavy (non-hydrogen) atoms. The van der Waals surface area contributed by atoms with E-state index in [9.17, 15) is 13.2 Å². The molecule has 1 N–H and O–H groups in total. The molecule has 2 aromatic rings. The Morgan fingerprint density at radius 2 is 2.00 bits per heavy atom. The van der Waals surface area contributed by atoms with Crippen LogP contribution in [-0.2, 0) is 31.3 Å². The van der Waals surface area contributed by atoms with E-state index in [0.29, 0.717) is 42.8 Å². The van der Waals surface area contributed by atoms with Gasteiger partial charge < -0.3 is 19.1 Å². The Hall–Kier alpha value is -2.66. The van der Waals surface area contributed by atoms with Crippen LogP contribution in [0, 0.1) is 11.8 Å². The second-order valence-electron chi connectivity index (χ2n) is 12.8. The third-order valence-corrected chi connectivity index (χ3v) is 12.2. The number of allylic oxidation sites excluding steroid dienone is 1. The summed E-state index contributed by atoms with van der Waals surface area (Å²) in [5.41, 5.74) is 2.96. The van der Waals surface area contributed by atoms with E-state index in [4.69, 9.17) is 25.8 Å². The van der Waals surface area contributed by atoms with Gasteiger partial charge in [-0.25, -0.2) is 17.5 Å². The van der Waals surface area contributed by atoms with Crippen molar-refractivity contribution in [3.05, 3.63) is 70.0 Å². The number of sulfonamides is 1. The van der Waals surface area contributed by atoms with Crippen LogP contribution in [0.25, 0.3) is 0 Å². The number of fused-ring (bicyclic) bond motifs is 4. The number of benzene rings is 2. The minimum atomic E-state index is -4.05. The Kier molecular flexibility index (Phi) is 8.73. The second kappa shape index (κ2) is 12.3. The predicted molar refractivity (Wildman–Crippen MR) is 168 cm³/mol. The van der Waals surface area contributed by atoms with E-state index in [2.05, 4.69) is 15.7 Å². The second-order valence-corrected chi connectivity index (χ2v) is 15.3. The molecule has 1 fully saturated rings. The van der Waals surface area contributed by atoms with Gasteiger partial charge in [0.15, 0.2) is 0 Å². The summed E-state index contributed by atoms with van der Waals surface area (Å²) in [6.45, 7) is 5.26. The van der Waals surface area contributed by atoms with Crippen molar-refractivity contribution in [2.45, 2.75) is 68.8 Å². The molecule has 3 heterocycles. The van der Waals surface area contributed by atoms with Gasteiger partial charge in [-0.15, -0.1) is 0 Å². The van der Waals surface area contributed by atoms with Gasteiger partial charge in [0.1, 0.15) is 17.7 Å². The molecule has 0 saturated carbocycles. The Balaban J connectivity index is 1.46. The SMILES string of the molecule is CO[C@H]1/C(F)=C/C[C@H](C)[C@@H](C)S(=O)(=O)NC(=O)c2ccc3c(c2)N(C[C@@H]2CCO[C@H]21)C[C@@]1(CCCc2cc(Cl)ccc21)CO3. The number of hydrogen-bond acceptors (Lipinski definition) is 7. The topological polar surface area (TPSA) is 94.2 Å². The van der Waals surface area contributed by atoms with Crippen LogP contribution < -0.4 is 14.4 Å². The highest BCUT2D eigenvalue weighted by Gasteiger charge is 2.45. The average molecular weight is 647 g/mol. The molecule has 1 saturated heterocycles. The van der Waals surface area contributed by atoms with Gasteiger partial charge in [0.2, 0.25) is 10.0 Å². The van der Waals surface area contributed by atoms with Gasteiger partial charge in [0.05, 0.1) is 23.6 Å². The summed E-state index contributed by atoms with van der Waals surface area (Å²) in [6.07, 6.45) is 3.62. The van der Waals surface area contributed by atoms with Crippen molar-refractivity contribution in [2.75, 3.05) is 38.3 Å². The smallest absolute Gasteiger partial charge is 0.264 e. The molecular formula is C33H40ClFN2O6S. The lowest BCUT2D eigenvalue weighted by Crippen LogP contribution is -2.48. The number of nitrogens with zero attached hydrogens (tertiary/aromatic N) is 1. The molecule has 2 aromatic carbocycles. The largest absolute Gasteiger partial charge is 0.490 e. The number of nitrogens with one attached hydrogen (secondary N) is 1. The van der Waals surface area contributed by atoms with Crippen molar-refractivity contribution in [2.24, 2.45) is 11.8 Å². The molecule has 0 aromatic heterocycles. The lowest BCUT2D eigenvalue weighted by atomic mass is 9.70. The lowest BCUT2D eigenvalue weighted by Gasteiger charge is -2.42. The first-order chi connectivity index (χ1) is 21.0. The fourth-order valence-corrected chi connectivity index (χ4v) is 8.80. The number of methoxy groups -OCH3 is 1. The number of anilines is 1. The van der Waals surface area contributed by atoms with Crippen molar-refractivity contribution in [3.63, 3.8) is 0 Å². The lowest BCUT2D eigenvalue weighted by molar-refractivity contribution is -0.0322. The molecule has 8 nitrogen and oxygen atoms in total. The van der Waals surface area contributed by atoms with E-state index in [1.54, 1.807) is 25.1 Å². The molecular weight excluding hydrogens is 607 g/mol. The first kappa shape index (κ1) is 31.3. The van der Waals surface area contributed by atoms with Crippen LogP contribution >= 0.6 is 11.6 Å². The minimum Gasteiger partial charge on any atom is -0.490 e. The van der Waals surface area contributed by atoms with Gasteiger partial charge in [-0.1, -0.05) is 24.6 Å². The van der Waals surface area contributed by atoms with E-state index in [0.717, 1.165) is 25.7 Å². The molecule has 2 bridgehead atoms. The zero-order valence-electron chi connectivity index (χ0n) is 25.4. The Labute approximate surface area is 263 Å². The van der Waals surface area contributed by atoms with Gasteiger partial charge in [-0.05, 0) is 92.5 Å². The van der Waals surface area contributed by atoms with E-state index in [1.807, 2.05) is 12.1 Å². The maximum Gasteiger partial charge on any atom is 0.264 e. The molecule has 238 valence electrons. The highest BCUT2D eigenvalue weighted by atomic mass is 35.5. The zero-order valence-corrected chi connectivity index (χ0v) is 26.9. The molecule has 4 aliphatic rings. The summed E-state index contributed by atoms with van der Waals surface area (Å²) >= 11 is 6.39. The molecule has 6 atom stereocenters. The minimum absolute atomic E-state index is 0.0718. The predicted octanol–water partition coefficient (Wildman–Crippen LogP) is 5.57. The number of amides is 1. The van der Waals surface area contributed by atoms with Gasteiger partial charge >= 0.3 is 0 Å². The Morgan fingerprint density at radius 1 is 1.18 bits per heavy atom. The third kappa shape index (κ3) is 5.86. The van der Waals surface area contributed by atoms with Crippen molar-refractivity contribution in [1.82, 2.24) is 4.72 Å². The van der Waals surface area contributed by atoms with Crippen LogP contribution in [0.5, 0.6) is 5.75 Å². The van der Waals surface area contributed by atoms with Crippen molar-refractivity contribution < 1.29 is 31.8 Å². The zero-order chi connectivity index (χ0) is 31.2. The van der Waals surface area contributed by atoms with Crippen molar-refractivity contribution >= 4 is 33.2 Å². The molecule has 1 amide bonds.